The molecule has 0 atom stereocenters. The molecule has 0 spiro atoms. The van der Waals surface area contributed by atoms with Gasteiger partial charge in [0.2, 0.25) is 0 Å². The highest BCUT2D eigenvalue weighted by Gasteiger charge is 2.08. The van der Waals surface area contributed by atoms with E-state index < -0.39 is 0 Å². The molecule has 0 aliphatic carbocycles. The quantitative estimate of drug-likeness (QED) is 0.640. The van der Waals surface area contributed by atoms with Crippen LogP contribution in [0.15, 0.2) is 55.0 Å². The number of rotatable bonds is 4. The summed E-state index contributed by atoms with van der Waals surface area (Å²) in [5.41, 5.74) is 4.14. The van der Waals surface area contributed by atoms with E-state index in [1.54, 1.807) is 0 Å². The smallest absolute Gasteiger partial charge is 0.171 e. The Morgan fingerprint density at radius 3 is 2.80 bits per heavy atom. The molecule has 0 N–H and O–H groups in total. The van der Waals surface area contributed by atoms with E-state index in [0.717, 1.165) is 19.4 Å². The van der Waals surface area contributed by atoms with Gasteiger partial charge >= 0.3 is 0 Å². The normalized spacial score (nSPS) is 11.1. The maximum absolute atomic E-state index is 2.29. The molecule has 102 valence electrons. The molecule has 0 amide bonds. The van der Waals surface area contributed by atoms with Gasteiger partial charge < -0.3 is 4.57 Å². The zero-order valence-corrected chi connectivity index (χ0v) is 12.2. The number of hydrogen-bond donors (Lipinski definition) is 0. The number of aryl methyl sites for hydroxylation is 4. The Balaban J connectivity index is 1.83. The lowest BCUT2D eigenvalue weighted by atomic mass is 10.1. The Morgan fingerprint density at radius 2 is 1.95 bits per heavy atom. The maximum Gasteiger partial charge on any atom is 0.171 e. The highest BCUT2D eigenvalue weighted by molar-refractivity contribution is 5.83. The van der Waals surface area contributed by atoms with Crippen molar-refractivity contribution >= 4 is 10.9 Å². The first-order chi connectivity index (χ1) is 9.78. The van der Waals surface area contributed by atoms with E-state index in [-0.39, 0.29) is 0 Å². The third-order valence-corrected chi connectivity index (χ3v) is 3.95. The lowest BCUT2D eigenvalue weighted by molar-refractivity contribution is -0.696. The number of hydrogen-bond acceptors (Lipinski definition) is 0. The molecule has 0 aliphatic heterocycles. The van der Waals surface area contributed by atoms with Gasteiger partial charge in [0.25, 0.3) is 0 Å². The molecule has 0 saturated carbocycles. The molecule has 2 aromatic heterocycles. The number of para-hydroxylation sites is 1. The van der Waals surface area contributed by atoms with Crippen LogP contribution in [0.4, 0.5) is 0 Å². The van der Waals surface area contributed by atoms with Gasteiger partial charge in [-0.3, -0.25) is 0 Å². The molecule has 3 aromatic rings. The number of aromatic nitrogens is 2. The van der Waals surface area contributed by atoms with Crippen molar-refractivity contribution in [3.05, 3.63) is 66.1 Å². The molecular formula is C18H21N2+. The molecular weight excluding hydrogens is 244 g/mol. The van der Waals surface area contributed by atoms with E-state index >= 15 is 0 Å². The van der Waals surface area contributed by atoms with Crippen LogP contribution >= 0.6 is 0 Å². The van der Waals surface area contributed by atoms with Gasteiger partial charge in [-0.25, -0.2) is 4.57 Å². The van der Waals surface area contributed by atoms with Crippen LogP contribution in [0.2, 0.25) is 0 Å². The summed E-state index contributed by atoms with van der Waals surface area (Å²) in [5, 5.41) is 1.38. The minimum absolute atomic E-state index is 1.03. The van der Waals surface area contributed by atoms with E-state index in [1.807, 2.05) is 0 Å². The second-order valence-electron chi connectivity index (χ2n) is 5.34. The van der Waals surface area contributed by atoms with E-state index in [2.05, 4.69) is 78.1 Å². The van der Waals surface area contributed by atoms with E-state index in [9.17, 15) is 0 Å². The van der Waals surface area contributed by atoms with Gasteiger partial charge in [-0.1, -0.05) is 25.1 Å². The average Bonchev–Trinajstić information content (AvgIpc) is 2.82. The van der Waals surface area contributed by atoms with E-state index in [1.165, 1.54) is 22.0 Å². The molecule has 2 heterocycles. The first kappa shape index (κ1) is 12.9. The molecule has 0 aliphatic rings. The molecule has 0 unspecified atom stereocenters. The SMILES string of the molecule is CCc1ccc[n+](CCc2cn(C)c3ccccc23)c1. The lowest BCUT2D eigenvalue weighted by Gasteiger charge is -1.99. The fourth-order valence-corrected chi connectivity index (χ4v) is 2.80. The molecule has 0 fully saturated rings. The molecule has 0 bridgehead atoms. The van der Waals surface area contributed by atoms with Crippen LogP contribution < -0.4 is 4.57 Å². The van der Waals surface area contributed by atoms with Gasteiger partial charge in [-0.2, -0.15) is 0 Å². The summed E-state index contributed by atoms with van der Waals surface area (Å²) in [7, 11) is 2.12. The Kier molecular flexibility index (Phi) is 3.55. The fraction of sp³-hybridized carbons (Fsp3) is 0.278. The third-order valence-electron chi connectivity index (χ3n) is 3.95. The van der Waals surface area contributed by atoms with Crippen LogP contribution in [0.5, 0.6) is 0 Å². The first-order valence-corrected chi connectivity index (χ1v) is 7.29. The minimum atomic E-state index is 1.03. The lowest BCUT2D eigenvalue weighted by Crippen LogP contribution is -2.34. The van der Waals surface area contributed by atoms with Crippen LogP contribution in [0, 0.1) is 0 Å². The minimum Gasteiger partial charge on any atom is -0.350 e. The van der Waals surface area contributed by atoms with Crippen molar-refractivity contribution in [3.8, 4) is 0 Å². The number of benzene rings is 1. The predicted octanol–water partition coefficient (Wildman–Crippen LogP) is 3.27. The van der Waals surface area contributed by atoms with Crippen molar-refractivity contribution in [1.29, 1.82) is 0 Å². The van der Waals surface area contributed by atoms with E-state index in [0.29, 0.717) is 0 Å². The largest absolute Gasteiger partial charge is 0.350 e. The highest BCUT2D eigenvalue weighted by atomic mass is 14.9. The first-order valence-electron chi connectivity index (χ1n) is 7.29. The second kappa shape index (κ2) is 5.49. The maximum atomic E-state index is 2.29. The number of pyridine rings is 1. The van der Waals surface area contributed by atoms with Crippen molar-refractivity contribution in [1.82, 2.24) is 4.57 Å². The van der Waals surface area contributed by atoms with Crippen LogP contribution in [-0.4, -0.2) is 4.57 Å². The summed E-state index contributed by atoms with van der Waals surface area (Å²) in [6, 6.07) is 13.0. The molecule has 0 saturated heterocycles. The second-order valence-corrected chi connectivity index (χ2v) is 5.34. The fourth-order valence-electron chi connectivity index (χ4n) is 2.80. The third kappa shape index (κ3) is 2.46. The zero-order chi connectivity index (χ0) is 13.9. The predicted molar refractivity (Wildman–Crippen MR) is 82.6 cm³/mol. The zero-order valence-electron chi connectivity index (χ0n) is 12.2. The van der Waals surface area contributed by atoms with Gasteiger partial charge in [0, 0.05) is 42.2 Å². The van der Waals surface area contributed by atoms with Gasteiger partial charge in [-0.05, 0) is 24.1 Å². The van der Waals surface area contributed by atoms with Crippen molar-refractivity contribution in [2.45, 2.75) is 26.3 Å². The monoisotopic (exact) mass is 265 g/mol. The van der Waals surface area contributed by atoms with Crippen LogP contribution in [0.3, 0.4) is 0 Å². The molecule has 0 radical (unpaired) electrons. The average molecular weight is 265 g/mol. The van der Waals surface area contributed by atoms with Gasteiger partial charge in [0.15, 0.2) is 18.9 Å². The Bertz CT molecular complexity index is 725. The van der Waals surface area contributed by atoms with Crippen molar-refractivity contribution in [2.24, 2.45) is 7.05 Å². The topological polar surface area (TPSA) is 8.81 Å². The molecule has 2 nitrogen and oxygen atoms in total. The van der Waals surface area contributed by atoms with Crippen LogP contribution in [-0.2, 0) is 26.4 Å². The summed E-state index contributed by atoms with van der Waals surface area (Å²) in [4.78, 5) is 0. The van der Waals surface area contributed by atoms with Crippen LogP contribution in [0.25, 0.3) is 10.9 Å². The molecule has 1 aromatic carbocycles. The van der Waals surface area contributed by atoms with Gasteiger partial charge in [0.1, 0.15) is 0 Å². The summed E-state index contributed by atoms with van der Waals surface area (Å²) in [6.07, 6.45) is 8.83. The summed E-state index contributed by atoms with van der Waals surface area (Å²) in [6.45, 7) is 3.23. The van der Waals surface area contributed by atoms with Gasteiger partial charge in [-0.15, -0.1) is 0 Å². The molecule has 20 heavy (non-hydrogen) atoms. The Hall–Kier alpha value is -2.09. The Labute approximate surface area is 120 Å². The summed E-state index contributed by atoms with van der Waals surface area (Å²) in [5.74, 6) is 0. The number of nitrogens with zero attached hydrogens (tertiary/aromatic N) is 2. The van der Waals surface area contributed by atoms with Crippen molar-refractivity contribution < 1.29 is 4.57 Å². The van der Waals surface area contributed by atoms with E-state index in [4.69, 9.17) is 0 Å². The van der Waals surface area contributed by atoms with Crippen LogP contribution in [0.1, 0.15) is 18.1 Å². The van der Waals surface area contributed by atoms with Gasteiger partial charge in [0.05, 0.1) is 0 Å². The molecule has 3 rings (SSSR count). The number of fused-ring (bicyclic) bond motifs is 1. The highest BCUT2D eigenvalue weighted by Crippen LogP contribution is 2.20. The standard InChI is InChI=1S/C18H21N2/c1-3-15-7-6-11-20(13-15)12-10-16-14-19(2)18-9-5-4-8-17(16)18/h4-9,11,13-14H,3,10,12H2,1-2H3/q+1. The van der Waals surface area contributed by atoms with Crippen molar-refractivity contribution in [3.63, 3.8) is 0 Å². The molecule has 2 heteroatoms. The van der Waals surface area contributed by atoms with Crippen molar-refractivity contribution in [2.75, 3.05) is 0 Å². The summed E-state index contributed by atoms with van der Waals surface area (Å²) >= 11 is 0. The summed E-state index contributed by atoms with van der Waals surface area (Å²) < 4.78 is 4.51. The Morgan fingerprint density at radius 1 is 1.10 bits per heavy atom.